The molecular weight excluding hydrogens is 493 g/mol. The number of hydrogen-bond donors (Lipinski definition) is 1. The summed E-state index contributed by atoms with van der Waals surface area (Å²) < 4.78 is 67.5. The fourth-order valence-electron chi connectivity index (χ4n) is 4.15. The number of benzene rings is 3. The van der Waals surface area contributed by atoms with Gasteiger partial charge in [-0.05, 0) is 60.9 Å². The highest BCUT2D eigenvalue weighted by Crippen LogP contribution is 2.34. The lowest BCUT2D eigenvalue weighted by molar-refractivity contribution is -0.137. The third kappa shape index (κ3) is 4.84. The number of nitrogens with two attached hydrogens (primary N) is 1. The number of primary sulfonamides is 1. The average Bonchev–Trinajstić information content (AvgIpc) is 3.11. The molecule has 0 atom stereocenters. The Balaban J connectivity index is 1.87. The number of sulfonamides is 1. The van der Waals surface area contributed by atoms with Crippen LogP contribution in [-0.2, 0) is 22.6 Å². The van der Waals surface area contributed by atoms with Crippen molar-refractivity contribution < 1.29 is 21.6 Å². The molecule has 0 spiro atoms. The van der Waals surface area contributed by atoms with Crippen LogP contribution in [0.4, 0.5) is 13.2 Å². The molecule has 7 nitrogen and oxygen atoms in total. The third-order valence-corrected chi connectivity index (χ3v) is 6.66. The molecule has 0 unspecified atom stereocenters. The minimum Gasteiger partial charge on any atom is -0.244 e. The highest BCUT2D eigenvalue weighted by Gasteiger charge is 2.35. The first kappa shape index (κ1) is 25.4. The SMILES string of the molecule is CCCc1ccc(S(N)(=O)=O)c(-c2ccc(-n3c(C)nc(=O)n3-c3ccccc3C(F)(F)F)cc2)c1. The van der Waals surface area contributed by atoms with E-state index in [4.69, 9.17) is 5.14 Å². The monoisotopic (exact) mass is 516 g/mol. The number of rotatable bonds is 6. The van der Waals surface area contributed by atoms with Gasteiger partial charge >= 0.3 is 11.9 Å². The second-order valence-corrected chi connectivity index (χ2v) is 9.78. The molecule has 0 bridgehead atoms. The first-order chi connectivity index (χ1) is 16.9. The quantitative estimate of drug-likeness (QED) is 0.404. The molecule has 11 heteroatoms. The van der Waals surface area contributed by atoms with Crippen molar-refractivity contribution in [1.82, 2.24) is 14.3 Å². The molecule has 1 heterocycles. The van der Waals surface area contributed by atoms with Gasteiger partial charge in [0.1, 0.15) is 5.82 Å². The largest absolute Gasteiger partial charge is 0.418 e. The molecule has 0 radical (unpaired) electrons. The van der Waals surface area contributed by atoms with Crippen LogP contribution < -0.4 is 10.8 Å². The zero-order valence-corrected chi connectivity index (χ0v) is 20.3. The van der Waals surface area contributed by atoms with Crippen LogP contribution in [0.15, 0.2) is 76.4 Å². The Hall–Kier alpha value is -3.70. The molecule has 0 aliphatic heterocycles. The van der Waals surface area contributed by atoms with E-state index in [9.17, 15) is 26.4 Å². The van der Waals surface area contributed by atoms with Gasteiger partial charge in [0.05, 0.1) is 21.8 Å². The van der Waals surface area contributed by atoms with Crippen LogP contribution in [0.5, 0.6) is 0 Å². The molecule has 0 amide bonds. The minimum atomic E-state index is -4.68. The Morgan fingerprint density at radius 3 is 2.25 bits per heavy atom. The normalized spacial score (nSPS) is 12.2. The van der Waals surface area contributed by atoms with Gasteiger partial charge in [-0.1, -0.05) is 43.7 Å². The van der Waals surface area contributed by atoms with Crippen LogP contribution >= 0.6 is 0 Å². The zero-order chi connectivity index (χ0) is 26.3. The van der Waals surface area contributed by atoms with Crippen molar-refractivity contribution in [3.05, 3.63) is 94.2 Å². The van der Waals surface area contributed by atoms with E-state index < -0.39 is 27.5 Å². The summed E-state index contributed by atoms with van der Waals surface area (Å²) in [5.74, 6) is 0.180. The second kappa shape index (κ2) is 9.40. The molecule has 0 aliphatic rings. The standard InChI is InChI=1S/C25H23F3N4O3S/c1-3-6-17-9-14-23(36(29,34)35)20(15-17)18-10-12-19(13-11-18)31-16(2)30-24(33)32(31)22-8-5-4-7-21(22)25(26,27)28/h4-5,7-15H,3,6H2,1-2H3,(H2,29,34,35). The average molecular weight is 517 g/mol. The van der Waals surface area contributed by atoms with Crippen molar-refractivity contribution in [2.75, 3.05) is 0 Å². The molecule has 0 saturated heterocycles. The second-order valence-electron chi connectivity index (χ2n) is 8.25. The fourth-order valence-corrected chi connectivity index (χ4v) is 4.89. The van der Waals surface area contributed by atoms with Crippen LogP contribution in [0.25, 0.3) is 22.5 Å². The first-order valence-corrected chi connectivity index (χ1v) is 12.6. The smallest absolute Gasteiger partial charge is 0.244 e. The summed E-state index contributed by atoms with van der Waals surface area (Å²) in [5, 5.41) is 5.43. The van der Waals surface area contributed by atoms with Crippen molar-refractivity contribution in [2.24, 2.45) is 5.14 Å². The highest BCUT2D eigenvalue weighted by atomic mass is 32.2. The number of aromatic nitrogens is 3. The Labute approximate surface area is 205 Å². The molecule has 4 rings (SSSR count). The number of aryl methyl sites for hydroxylation is 2. The minimum absolute atomic E-state index is 0.0371. The summed E-state index contributed by atoms with van der Waals surface area (Å²) >= 11 is 0. The molecule has 4 aromatic rings. The zero-order valence-electron chi connectivity index (χ0n) is 19.5. The Bertz CT molecular complexity index is 1590. The summed E-state index contributed by atoms with van der Waals surface area (Å²) in [6.45, 7) is 3.52. The van der Waals surface area contributed by atoms with Crippen LogP contribution in [0, 0.1) is 6.92 Å². The Kier molecular flexibility index (Phi) is 6.63. The molecule has 2 N–H and O–H groups in total. The van der Waals surface area contributed by atoms with Gasteiger partial charge in [0.15, 0.2) is 0 Å². The topological polar surface area (TPSA) is 100.0 Å². The lowest BCUT2D eigenvalue weighted by atomic mass is 10.0. The van der Waals surface area contributed by atoms with Gasteiger partial charge in [-0.3, -0.25) is 0 Å². The van der Waals surface area contributed by atoms with Crippen molar-refractivity contribution in [3.63, 3.8) is 0 Å². The maximum absolute atomic E-state index is 13.7. The lowest BCUT2D eigenvalue weighted by Gasteiger charge is -2.17. The van der Waals surface area contributed by atoms with E-state index in [1.54, 1.807) is 36.4 Å². The van der Waals surface area contributed by atoms with Gasteiger partial charge in [0.2, 0.25) is 10.0 Å². The van der Waals surface area contributed by atoms with Crippen LogP contribution in [0.1, 0.15) is 30.3 Å². The van der Waals surface area contributed by atoms with Gasteiger partial charge in [0, 0.05) is 5.56 Å². The summed E-state index contributed by atoms with van der Waals surface area (Å²) in [6.07, 6.45) is -3.07. The van der Waals surface area contributed by atoms with Crippen LogP contribution in [0.2, 0.25) is 0 Å². The van der Waals surface area contributed by atoms with Crippen molar-refractivity contribution in [3.8, 4) is 22.5 Å². The third-order valence-electron chi connectivity index (χ3n) is 5.69. The van der Waals surface area contributed by atoms with Gasteiger partial charge in [-0.15, -0.1) is 0 Å². The molecule has 0 fully saturated rings. The number of alkyl halides is 3. The predicted octanol–water partition coefficient (Wildman–Crippen LogP) is 4.62. The highest BCUT2D eigenvalue weighted by molar-refractivity contribution is 7.89. The van der Waals surface area contributed by atoms with Crippen molar-refractivity contribution in [1.29, 1.82) is 0 Å². The van der Waals surface area contributed by atoms with Crippen LogP contribution in [-0.4, -0.2) is 22.8 Å². The van der Waals surface area contributed by atoms with Gasteiger partial charge < -0.3 is 0 Å². The van der Waals surface area contributed by atoms with Gasteiger partial charge in [-0.25, -0.2) is 23.0 Å². The molecule has 0 aliphatic carbocycles. The van der Waals surface area contributed by atoms with E-state index in [2.05, 4.69) is 4.98 Å². The molecule has 3 aromatic carbocycles. The Morgan fingerprint density at radius 2 is 1.64 bits per heavy atom. The summed E-state index contributed by atoms with van der Waals surface area (Å²) in [7, 11) is -4.01. The van der Waals surface area contributed by atoms with E-state index in [0.29, 0.717) is 16.8 Å². The molecule has 36 heavy (non-hydrogen) atoms. The predicted molar refractivity (Wildman–Crippen MR) is 130 cm³/mol. The number of halogens is 3. The van der Waals surface area contributed by atoms with E-state index >= 15 is 0 Å². The molecular formula is C25H23F3N4O3S. The van der Waals surface area contributed by atoms with E-state index in [1.165, 1.54) is 35.9 Å². The van der Waals surface area contributed by atoms with E-state index in [1.807, 2.05) is 6.92 Å². The molecule has 0 saturated carbocycles. The fraction of sp³-hybridized carbons (Fsp3) is 0.200. The van der Waals surface area contributed by atoms with E-state index in [-0.39, 0.29) is 16.4 Å². The molecule has 1 aromatic heterocycles. The number of hydrogen-bond acceptors (Lipinski definition) is 4. The van der Waals surface area contributed by atoms with E-state index in [0.717, 1.165) is 29.2 Å². The number of para-hydroxylation sites is 1. The number of nitrogens with zero attached hydrogens (tertiary/aromatic N) is 3. The maximum Gasteiger partial charge on any atom is 0.418 e. The molecule has 188 valence electrons. The first-order valence-electron chi connectivity index (χ1n) is 11.0. The maximum atomic E-state index is 13.7. The summed E-state index contributed by atoms with van der Waals surface area (Å²) in [5.41, 5.74) is 0.0629. The van der Waals surface area contributed by atoms with Gasteiger partial charge in [0.25, 0.3) is 0 Å². The van der Waals surface area contributed by atoms with Crippen molar-refractivity contribution in [2.45, 2.75) is 37.8 Å². The van der Waals surface area contributed by atoms with Crippen molar-refractivity contribution >= 4 is 10.0 Å². The van der Waals surface area contributed by atoms with Gasteiger partial charge in [-0.2, -0.15) is 22.8 Å². The Morgan fingerprint density at radius 1 is 0.972 bits per heavy atom. The van der Waals surface area contributed by atoms with Crippen LogP contribution in [0.3, 0.4) is 0 Å². The lowest BCUT2D eigenvalue weighted by Crippen LogP contribution is -2.24. The summed E-state index contributed by atoms with van der Waals surface area (Å²) in [6, 6.07) is 16.1. The summed E-state index contributed by atoms with van der Waals surface area (Å²) in [4.78, 5) is 16.5.